The zero-order valence-electron chi connectivity index (χ0n) is 17.1. The molecular weight excluding hydrogens is 372 g/mol. The number of aliphatic hydroxyl groups excluding tert-OH is 1. The lowest BCUT2D eigenvalue weighted by molar-refractivity contribution is -0.148. The summed E-state index contributed by atoms with van der Waals surface area (Å²) in [4.78, 5) is 28.2. The first-order chi connectivity index (χ1) is 14.1. The standard InChI is InChI=1S/C22H30N2O5/c1-3-4-15-5-6-17-20-19(22(27)28-2)16(13-25)18(12-24(17)21(15)26)23(20)11-14-7-9-29-10-8-14/h3-6,14,16,18-20,25H,7-13H2,1-2H3/t16-,18-,19+,20+/m1/s1. The molecule has 0 amide bonds. The van der Waals surface area contributed by atoms with Gasteiger partial charge in [0.2, 0.25) is 0 Å². The summed E-state index contributed by atoms with van der Waals surface area (Å²) in [5, 5.41) is 10.2. The van der Waals surface area contributed by atoms with Crippen molar-refractivity contribution in [2.45, 2.75) is 38.4 Å². The second kappa shape index (κ2) is 8.42. The van der Waals surface area contributed by atoms with E-state index in [1.165, 1.54) is 7.11 Å². The summed E-state index contributed by atoms with van der Waals surface area (Å²) >= 11 is 0. The summed E-state index contributed by atoms with van der Waals surface area (Å²) in [7, 11) is 1.39. The molecule has 4 heterocycles. The molecule has 2 fully saturated rings. The SMILES string of the molecule is CC=Cc1ccc2n(c1=O)C[C@@H]1[C@@H](CO)[C@H](C(=O)OC)[C@H]2N1CC1CCOCC1. The van der Waals surface area contributed by atoms with Crippen LogP contribution in [0.3, 0.4) is 0 Å². The normalized spacial score (nSPS) is 29.9. The fourth-order valence-electron chi connectivity index (χ4n) is 5.43. The van der Waals surface area contributed by atoms with Gasteiger partial charge in [0, 0.05) is 56.1 Å². The molecule has 0 radical (unpaired) electrons. The van der Waals surface area contributed by atoms with Gasteiger partial charge in [-0.1, -0.05) is 12.2 Å². The number of aliphatic hydroxyl groups is 1. The lowest BCUT2D eigenvalue weighted by Gasteiger charge is -2.40. The second-order valence-corrected chi connectivity index (χ2v) is 8.29. The summed E-state index contributed by atoms with van der Waals surface area (Å²) in [5.74, 6) is -0.552. The molecule has 7 heteroatoms. The van der Waals surface area contributed by atoms with E-state index in [-0.39, 0.29) is 36.1 Å². The maximum absolute atomic E-state index is 13.1. The van der Waals surface area contributed by atoms with E-state index in [0.717, 1.165) is 38.3 Å². The highest BCUT2D eigenvalue weighted by molar-refractivity contribution is 5.74. The van der Waals surface area contributed by atoms with Crippen molar-refractivity contribution < 1.29 is 19.4 Å². The topological polar surface area (TPSA) is 81.0 Å². The van der Waals surface area contributed by atoms with Gasteiger partial charge < -0.3 is 19.1 Å². The van der Waals surface area contributed by atoms with Crippen molar-refractivity contribution in [3.63, 3.8) is 0 Å². The highest BCUT2D eigenvalue weighted by Gasteiger charge is 2.56. The van der Waals surface area contributed by atoms with Crippen LogP contribution < -0.4 is 5.56 Å². The third-order valence-corrected chi connectivity index (χ3v) is 6.83. The molecule has 4 atom stereocenters. The number of rotatable bonds is 5. The van der Waals surface area contributed by atoms with E-state index in [4.69, 9.17) is 9.47 Å². The quantitative estimate of drug-likeness (QED) is 0.751. The second-order valence-electron chi connectivity index (χ2n) is 8.29. The molecule has 0 spiro atoms. The number of aromatic nitrogens is 1. The predicted molar refractivity (Wildman–Crippen MR) is 108 cm³/mol. The van der Waals surface area contributed by atoms with Crippen LogP contribution in [0.25, 0.3) is 6.08 Å². The molecule has 3 aliphatic heterocycles. The fraction of sp³-hybridized carbons (Fsp3) is 0.636. The molecule has 2 bridgehead atoms. The van der Waals surface area contributed by atoms with Crippen LogP contribution in [-0.4, -0.2) is 60.1 Å². The van der Waals surface area contributed by atoms with Crippen molar-refractivity contribution in [2.24, 2.45) is 17.8 Å². The molecule has 2 saturated heterocycles. The summed E-state index contributed by atoms with van der Waals surface area (Å²) in [6.07, 6.45) is 5.66. The Labute approximate surface area is 170 Å². The van der Waals surface area contributed by atoms with E-state index >= 15 is 0 Å². The summed E-state index contributed by atoms with van der Waals surface area (Å²) < 4.78 is 12.4. The summed E-state index contributed by atoms with van der Waals surface area (Å²) in [6.45, 7) is 4.64. The average Bonchev–Trinajstić information content (AvgIpc) is 2.95. The van der Waals surface area contributed by atoms with E-state index in [1.807, 2.05) is 31.2 Å². The molecule has 7 nitrogen and oxygen atoms in total. The fourth-order valence-corrected chi connectivity index (χ4v) is 5.43. The van der Waals surface area contributed by atoms with Gasteiger partial charge in [-0.2, -0.15) is 0 Å². The predicted octanol–water partition coefficient (Wildman–Crippen LogP) is 1.44. The van der Waals surface area contributed by atoms with Crippen molar-refractivity contribution in [3.8, 4) is 0 Å². The Hall–Kier alpha value is -1.96. The van der Waals surface area contributed by atoms with Gasteiger partial charge in [0.25, 0.3) is 5.56 Å². The Morgan fingerprint density at radius 2 is 2.10 bits per heavy atom. The number of methoxy groups -OCH3 is 1. The third-order valence-electron chi connectivity index (χ3n) is 6.83. The number of hydrogen-bond donors (Lipinski definition) is 1. The smallest absolute Gasteiger partial charge is 0.311 e. The molecule has 0 saturated carbocycles. The van der Waals surface area contributed by atoms with Crippen molar-refractivity contribution >= 4 is 12.0 Å². The summed E-state index contributed by atoms with van der Waals surface area (Å²) in [5.41, 5.74) is 1.45. The van der Waals surface area contributed by atoms with Gasteiger partial charge in [-0.3, -0.25) is 14.5 Å². The monoisotopic (exact) mass is 402 g/mol. The molecule has 1 aromatic rings. The van der Waals surface area contributed by atoms with E-state index in [2.05, 4.69) is 4.90 Å². The number of hydrogen-bond acceptors (Lipinski definition) is 6. The Morgan fingerprint density at radius 1 is 1.34 bits per heavy atom. The van der Waals surface area contributed by atoms with Crippen molar-refractivity contribution in [1.29, 1.82) is 0 Å². The molecule has 0 unspecified atom stereocenters. The highest BCUT2D eigenvalue weighted by Crippen LogP contribution is 2.49. The molecule has 4 rings (SSSR count). The molecule has 1 aromatic heterocycles. The Kier molecular flexibility index (Phi) is 5.90. The van der Waals surface area contributed by atoms with E-state index in [9.17, 15) is 14.7 Å². The van der Waals surface area contributed by atoms with Gasteiger partial charge in [-0.05, 0) is 37.8 Å². The van der Waals surface area contributed by atoms with E-state index < -0.39 is 5.92 Å². The average molecular weight is 402 g/mol. The molecule has 3 aliphatic rings. The number of esters is 1. The summed E-state index contributed by atoms with van der Waals surface area (Å²) in [6, 6.07) is 3.48. The first-order valence-corrected chi connectivity index (χ1v) is 10.5. The lowest BCUT2D eigenvalue weighted by atomic mass is 9.87. The van der Waals surface area contributed by atoms with Crippen LogP contribution in [0.5, 0.6) is 0 Å². The zero-order chi connectivity index (χ0) is 20.5. The zero-order valence-corrected chi connectivity index (χ0v) is 17.1. The third kappa shape index (κ3) is 3.45. The van der Waals surface area contributed by atoms with Crippen molar-refractivity contribution in [3.05, 3.63) is 39.8 Å². The van der Waals surface area contributed by atoms with Crippen LogP contribution >= 0.6 is 0 Å². The van der Waals surface area contributed by atoms with E-state index in [1.54, 1.807) is 4.57 Å². The first kappa shape index (κ1) is 20.3. The number of fused-ring (bicyclic) bond motifs is 4. The van der Waals surface area contributed by atoms with Gasteiger partial charge in [-0.15, -0.1) is 0 Å². The van der Waals surface area contributed by atoms with Crippen LogP contribution in [0.2, 0.25) is 0 Å². The molecule has 29 heavy (non-hydrogen) atoms. The largest absolute Gasteiger partial charge is 0.469 e. The Balaban J connectivity index is 1.78. The van der Waals surface area contributed by atoms with Gasteiger partial charge in [-0.25, -0.2) is 0 Å². The number of pyridine rings is 1. The van der Waals surface area contributed by atoms with Gasteiger partial charge >= 0.3 is 5.97 Å². The van der Waals surface area contributed by atoms with Crippen LogP contribution in [0.1, 0.15) is 37.1 Å². The highest BCUT2D eigenvalue weighted by atomic mass is 16.5. The molecule has 1 N–H and O–H groups in total. The number of carbonyl (C=O) groups excluding carboxylic acids is 1. The minimum atomic E-state index is -0.476. The lowest BCUT2D eigenvalue weighted by Crippen LogP contribution is -2.48. The maximum atomic E-state index is 13.1. The Morgan fingerprint density at radius 3 is 2.76 bits per heavy atom. The maximum Gasteiger partial charge on any atom is 0.311 e. The van der Waals surface area contributed by atoms with Crippen LogP contribution in [0.15, 0.2) is 23.0 Å². The number of nitrogens with zero attached hydrogens (tertiary/aromatic N) is 2. The van der Waals surface area contributed by atoms with Crippen molar-refractivity contribution in [1.82, 2.24) is 9.47 Å². The van der Waals surface area contributed by atoms with Crippen molar-refractivity contribution in [2.75, 3.05) is 33.5 Å². The van der Waals surface area contributed by atoms with Crippen LogP contribution in [0.4, 0.5) is 0 Å². The number of ether oxygens (including phenoxy) is 2. The van der Waals surface area contributed by atoms with Gasteiger partial charge in [0.15, 0.2) is 0 Å². The molecular formula is C22H30N2O5. The molecule has 0 aromatic carbocycles. The number of allylic oxidation sites excluding steroid dienone is 1. The van der Waals surface area contributed by atoms with E-state index in [0.29, 0.717) is 18.0 Å². The van der Waals surface area contributed by atoms with Crippen LogP contribution in [-0.2, 0) is 20.8 Å². The number of carbonyl (C=O) groups is 1. The minimum absolute atomic E-state index is 0.0384. The minimum Gasteiger partial charge on any atom is -0.469 e. The first-order valence-electron chi connectivity index (χ1n) is 10.5. The molecule has 0 aliphatic carbocycles. The van der Waals surface area contributed by atoms with Gasteiger partial charge in [0.05, 0.1) is 19.1 Å². The molecule has 158 valence electrons. The Bertz CT molecular complexity index is 842. The van der Waals surface area contributed by atoms with Crippen LogP contribution in [0, 0.1) is 17.8 Å². The van der Waals surface area contributed by atoms with Gasteiger partial charge in [0.1, 0.15) is 0 Å².